The maximum absolute atomic E-state index is 13.3. The molecule has 1 unspecified atom stereocenters. The minimum atomic E-state index is -1.09. The maximum atomic E-state index is 13.3. The fourth-order valence-corrected chi connectivity index (χ4v) is 1.89. The molecule has 7 heteroatoms. The normalized spacial score (nSPS) is 13.7. The average Bonchev–Trinajstić information content (AvgIpc) is 2.39. The van der Waals surface area contributed by atoms with Crippen molar-refractivity contribution in [3.63, 3.8) is 0 Å². The Balaban J connectivity index is 2.88. The molecule has 20 heavy (non-hydrogen) atoms. The van der Waals surface area contributed by atoms with E-state index < -0.39 is 23.1 Å². The number of benzene rings is 1. The van der Waals surface area contributed by atoms with Crippen LogP contribution in [-0.2, 0) is 4.79 Å². The molecule has 0 heterocycles. The molecule has 1 amide bonds. The van der Waals surface area contributed by atoms with Gasteiger partial charge in [0.05, 0.1) is 21.0 Å². The Morgan fingerprint density at radius 3 is 2.45 bits per heavy atom. The number of nitrogens with one attached hydrogen (secondary N) is 1. The lowest BCUT2D eigenvalue weighted by molar-refractivity contribution is -0.147. The Labute approximate surface area is 125 Å². The number of carbonyl (C=O) groups excluding carboxylic acids is 1. The highest BCUT2D eigenvalue weighted by Crippen LogP contribution is 2.25. The molecule has 0 saturated carbocycles. The zero-order chi connectivity index (χ0) is 15.5. The van der Waals surface area contributed by atoms with E-state index in [-0.39, 0.29) is 22.2 Å². The summed E-state index contributed by atoms with van der Waals surface area (Å²) in [5.74, 6) is -2.43. The van der Waals surface area contributed by atoms with E-state index in [1.54, 1.807) is 6.92 Å². The molecule has 0 saturated heterocycles. The molecule has 0 aromatic heterocycles. The zero-order valence-electron chi connectivity index (χ0n) is 11.0. The van der Waals surface area contributed by atoms with Crippen molar-refractivity contribution in [2.75, 3.05) is 6.54 Å². The standard InChI is InChI=1S/C13H14Cl2FNO3/c1-3-13(2,12(19)20)6-17-11(18)7-4-10(16)9(15)5-8(7)14/h4-5H,3,6H2,1-2H3,(H,17,18)(H,19,20). The minimum absolute atomic E-state index is 0.00225. The highest BCUT2D eigenvalue weighted by Gasteiger charge is 2.31. The number of aliphatic carboxylic acids is 1. The van der Waals surface area contributed by atoms with Crippen LogP contribution in [0.5, 0.6) is 0 Å². The van der Waals surface area contributed by atoms with Crippen molar-refractivity contribution >= 4 is 35.1 Å². The van der Waals surface area contributed by atoms with Crippen molar-refractivity contribution in [2.24, 2.45) is 5.41 Å². The quantitative estimate of drug-likeness (QED) is 0.817. The molecule has 0 aliphatic rings. The van der Waals surface area contributed by atoms with E-state index in [1.165, 1.54) is 6.92 Å². The van der Waals surface area contributed by atoms with Gasteiger partial charge in [0.1, 0.15) is 5.82 Å². The number of rotatable bonds is 5. The van der Waals surface area contributed by atoms with Crippen LogP contribution in [0.1, 0.15) is 30.6 Å². The topological polar surface area (TPSA) is 66.4 Å². The number of hydrogen-bond acceptors (Lipinski definition) is 2. The van der Waals surface area contributed by atoms with Gasteiger partial charge < -0.3 is 10.4 Å². The first-order valence-corrected chi connectivity index (χ1v) is 6.63. The van der Waals surface area contributed by atoms with Crippen LogP contribution in [0, 0.1) is 11.2 Å². The van der Waals surface area contributed by atoms with Gasteiger partial charge in [0, 0.05) is 6.54 Å². The second kappa shape index (κ2) is 6.41. The third kappa shape index (κ3) is 3.61. The first kappa shape index (κ1) is 16.7. The second-order valence-electron chi connectivity index (χ2n) is 4.65. The van der Waals surface area contributed by atoms with Gasteiger partial charge in [-0.05, 0) is 25.5 Å². The predicted molar refractivity (Wildman–Crippen MR) is 74.8 cm³/mol. The third-order valence-corrected chi connectivity index (χ3v) is 3.79. The van der Waals surface area contributed by atoms with Gasteiger partial charge in [0.15, 0.2) is 0 Å². The zero-order valence-corrected chi connectivity index (χ0v) is 12.5. The van der Waals surface area contributed by atoms with E-state index in [2.05, 4.69) is 5.32 Å². The summed E-state index contributed by atoms with van der Waals surface area (Å²) in [4.78, 5) is 23.0. The van der Waals surface area contributed by atoms with Gasteiger partial charge in [-0.3, -0.25) is 9.59 Å². The summed E-state index contributed by atoms with van der Waals surface area (Å²) in [6, 6.07) is 2.05. The van der Waals surface area contributed by atoms with Crippen LogP contribution < -0.4 is 5.32 Å². The van der Waals surface area contributed by atoms with Crippen LogP contribution in [0.4, 0.5) is 4.39 Å². The van der Waals surface area contributed by atoms with Crippen molar-refractivity contribution in [3.8, 4) is 0 Å². The van der Waals surface area contributed by atoms with Gasteiger partial charge in [-0.1, -0.05) is 30.1 Å². The molecule has 4 nitrogen and oxygen atoms in total. The number of carbonyl (C=O) groups is 2. The number of carboxylic acids is 1. The van der Waals surface area contributed by atoms with E-state index >= 15 is 0 Å². The van der Waals surface area contributed by atoms with Gasteiger partial charge in [0.2, 0.25) is 0 Å². The average molecular weight is 322 g/mol. The molecule has 1 aromatic rings. The summed E-state index contributed by atoms with van der Waals surface area (Å²) in [6.07, 6.45) is 0.339. The molecule has 0 bridgehead atoms. The first-order valence-electron chi connectivity index (χ1n) is 5.87. The van der Waals surface area contributed by atoms with Crippen LogP contribution in [0.25, 0.3) is 0 Å². The van der Waals surface area contributed by atoms with Crippen molar-refractivity contribution in [1.29, 1.82) is 0 Å². The molecule has 1 rings (SSSR count). The Kier molecular flexibility index (Phi) is 5.36. The van der Waals surface area contributed by atoms with Gasteiger partial charge in [0.25, 0.3) is 5.91 Å². The summed E-state index contributed by atoms with van der Waals surface area (Å²) in [7, 11) is 0. The van der Waals surface area contributed by atoms with E-state index in [9.17, 15) is 14.0 Å². The van der Waals surface area contributed by atoms with E-state index in [0.29, 0.717) is 6.42 Å². The van der Waals surface area contributed by atoms with Crippen molar-refractivity contribution in [2.45, 2.75) is 20.3 Å². The summed E-state index contributed by atoms with van der Waals surface area (Å²) >= 11 is 11.3. The molecule has 0 aliphatic carbocycles. The molecule has 1 atom stereocenters. The molecule has 0 aliphatic heterocycles. The highest BCUT2D eigenvalue weighted by atomic mass is 35.5. The Morgan fingerprint density at radius 1 is 1.35 bits per heavy atom. The van der Waals surface area contributed by atoms with Gasteiger partial charge in [-0.2, -0.15) is 0 Å². The van der Waals surface area contributed by atoms with E-state index in [4.69, 9.17) is 28.3 Å². The van der Waals surface area contributed by atoms with Crippen LogP contribution in [0.3, 0.4) is 0 Å². The highest BCUT2D eigenvalue weighted by molar-refractivity contribution is 6.36. The SMILES string of the molecule is CCC(C)(CNC(=O)c1cc(F)c(Cl)cc1Cl)C(=O)O. The lowest BCUT2D eigenvalue weighted by atomic mass is 9.87. The molecular weight excluding hydrogens is 308 g/mol. The minimum Gasteiger partial charge on any atom is -0.481 e. The van der Waals surface area contributed by atoms with Crippen LogP contribution in [-0.4, -0.2) is 23.5 Å². The lowest BCUT2D eigenvalue weighted by Crippen LogP contribution is -2.40. The van der Waals surface area contributed by atoms with Crippen molar-refractivity contribution in [1.82, 2.24) is 5.32 Å². The Morgan fingerprint density at radius 2 is 1.95 bits per heavy atom. The summed E-state index contributed by atoms with van der Waals surface area (Å²) in [5, 5.41) is 11.4. The van der Waals surface area contributed by atoms with E-state index in [1.807, 2.05) is 0 Å². The molecule has 1 aromatic carbocycles. The molecular formula is C13H14Cl2FNO3. The van der Waals surface area contributed by atoms with Crippen LogP contribution in [0.15, 0.2) is 12.1 Å². The number of amides is 1. The van der Waals surface area contributed by atoms with Crippen LogP contribution in [0.2, 0.25) is 10.0 Å². The van der Waals surface area contributed by atoms with Crippen molar-refractivity contribution < 1.29 is 19.1 Å². The number of hydrogen-bond donors (Lipinski definition) is 2. The molecule has 0 spiro atoms. The smallest absolute Gasteiger partial charge is 0.311 e. The van der Waals surface area contributed by atoms with Crippen LogP contribution >= 0.6 is 23.2 Å². The van der Waals surface area contributed by atoms with Gasteiger partial charge in [-0.25, -0.2) is 4.39 Å². The Hall–Kier alpha value is -1.33. The fourth-order valence-electron chi connectivity index (χ4n) is 1.42. The number of halogens is 3. The predicted octanol–water partition coefficient (Wildman–Crippen LogP) is 3.36. The third-order valence-electron chi connectivity index (χ3n) is 3.19. The number of carboxylic acid groups (broad SMARTS) is 1. The lowest BCUT2D eigenvalue weighted by Gasteiger charge is -2.23. The summed E-state index contributed by atoms with van der Waals surface area (Å²) in [5.41, 5.74) is -1.18. The second-order valence-corrected chi connectivity index (χ2v) is 5.46. The summed E-state index contributed by atoms with van der Waals surface area (Å²) in [6.45, 7) is 3.13. The monoisotopic (exact) mass is 321 g/mol. The Bertz CT molecular complexity index is 551. The maximum Gasteiger partial charge on any atom is 0.311 e. The van der Waals surface area contributed by atoms with Crippen molar-refractivity contribution in [3.05, 3.63) is 33.6 Å². The van der Waals surface area contributed by atoms with Gasteiger partial charge >= 0.3 is 5.97 Å². The fraction of sp³-hybridized carbons (Fsp3) is 0.385. The van der Waals surface area contributed by atoms with Gasteiger partial charge in [-0.15, -0.1) is 0 Å². The molecule has 0 fully saturated rings. The first-order chi connectivity index (χ1) is 9.21. The molecule has 0 radical (unpaired) electrons. The molecule has 2 N–H and O–H groups in total. The molecule has 110 valence electrons. The largest absolute Gasteiger partial charge is 0.481 e. The van der Waals surface area contributed by atoms with E-state index in [0.717, 1.165) is 12.1 Å². The summed E-state index contributed by atoms with van der Waals surface area (Å²) < 4.78 is 13.3.